The van der Waals surface area contributed by atoms with E-state index in [2.05, 4.69) is 20.5 Å². The molecule has 1 N–H and O–H groups in total. The fourth-order valence-electron chi connectivity index (χ4n) is 3.24. The zero-order valence-corrected chi connectivity index (χ0v) is 16.1. The standard InChI is InChI=1S/C20H17F3N6O/c1-28(2)18-8-17-16(7-14(18)20(21,22)23)27-19(30)9-15(26-17)12-4-3-5-13(6-12)29-10-24-25-11-29/h3-8,10-11H,9H2,1-2H3,(H,27,30). The number of hydrogen-bond acceptors (Lipinski definition) is 5. The second-order valence-corrected chi connectivity index (χ2v) is 6.98. The first-order chi connectivity index (χ1) is 14.2. The van der Waals surface area contributed by atoms with E-state index in [4.69, 9.17) is 0 Å². The summed E-state index contributed by atoms with van der Waals surface area (Å²) in [6.07, 6.45) is -1.56. The molecule has 154 valence electrons. The molecule has 2 aromatic carbocycles. The molecule has 0 radical (unpaired) electrons. The number of rotatable bonds is 3. The predicted molar refractivity (Wildman–Crippen MR) is 107 cm³/mol. The number of fused-ring (bicyclic) bond motifs is 1. The Balaban J connectivity index is 1.84. The van der Waals surface area contributed by atoms with E-state index in [9.17, 15) is 18.0 Å². The van der Waals surface area contributed by atoms with Crippen molar-refractivity contribution in [2.24, 2.45) is 4.99 Å². The Morgan fingerprint density at radius 1 is 1.10 bits per heavy atom. The normalized spacial score (nSPS) is 13.9. The highest BCUT2D eigenvalue weighted by atomic mass is 19.4. The summed E-state index contributed by atoms with van der Waals surface area (Å²) in [5, 5.41) is 10.1. The number of alkyl halides is 3. The van der Waals surface area contributed by atoms with E-state index < -0.39 is 17.6 Å². The Labute approximate surface area is 169 Å². The van der Waals surface area contributed by atoms with Gasteiger partial charge in [-0.05, 0) is 29.8 Å². The van der Waals surface area contributed by atoms with Gasteiger partial charge in [0.05, 0.1) is 34.8 Å². The van der Waals surface area contributed by atoms with Crippen LogP contribution in [0, 0.1) is 0 Å². The van der Waals surface area contributed by atoms with E-state index in [0.717, 1.165) is 11.8 Å². The van der Waals surface area contributed by atoms with Crippen LogP contribution in [-0.2, 0) is 11.0 Å². The quantitative estimate of drug-likeness (QED) is 0.707. The average Bonchev–Trinajstić information content (AvgIpc) is 3.16. The van der Waals surface area contributed by atoms with E-state index in [1.165, 1.54) is 37.7 Å². The maximum Gasteiger partial charge on any atom is 0.418 e. The van der Waals surface area contributed by atoms with Crippen molar-refractivity contribution >= 4 is 28.7 Å². The maximum atomic E-state index is 13.5. The van der Waals surface area contributed by atoms with Crippen LogP contribution in [0.1, 0.15) is 17.5 Å². The van der Waals surface area contributed by atoms with Crippen molar-refractivity contribution in [2.75, 3.05) is 24.3 Å². The lowest BCUT2D eigenvalue weighted by Gasteiger charge is -2.21. The fourth-order valence-corrected chi connectivity index (χ4v) is 3.24. The van der Waals surface area contributed by atoms with Gasteiger partial charge in [0.25, 0.3) is 0 Å². The minimum absolute atomic E-state index is 0.0289. The predicted octanol–water partition coefficient (Wildman–Crippen LogP) is 3.82. The van der Waals surface area contributed by atoms with Crippen LogP contribution in [0.15, 0.2) is 54.0 Å². The van der Waals surface area contributed by atoms with E-state index in [-0.39, 0.29) is 23.5 Å². The molecule has 2 heterocycles. The second kappa shape index (κ2) is 7.29. The zero-order valence-electron chi connectivity index (χ0n) is 16.1. The number of carbonyl (C=O) groups excluding carboxylic acids is 1. The third-order valence-corrected chi connectivity index (χ3v) is 4.65. The van der Waals surface area contributed by atoms with Crippen molar-refractivity contribution < 1.29 is 18.0 Å². The van der Waals surface area contributed by atoms with Crippen LogP contribution in [-0.4, -0.2) is 40.5 Å². The van der Waals surface area contributed by atoms with Gasteiger partial charge in [-0.1, -0.05) is 12.1 Å². The monoisotopic (exact) mass is 414 g/mol. The van der Waals surface area contributed by atoms with Crippen molar-refractivity contribution in [1.29, 1.82) is 0 Å². The van der Waals surface area contributed by atoms with Crippen LogP contribution in [0.5, 0.6) is 0 Å². The number of nitrogens with zero attached hydrogens (tertiary/aromatic N) is 5. The van der Waals surface area contributed by atoms with Gasteiger partial charge in [-0.15, -0.1) is 10.2 Å². The minimum Gasteiger partial charge on any atom is -0.377 e. The summed E-state index contributed by atoms with van der Waals surface area (Å²) in [5.74, 6) is -0.437. The number of anilines is 2. The van der Waals surface area contributed by atoms with Crippen LogP contribution in [0.4, 0.5) is 30.2 Å². The maximum absolute atomic E-state index is 13.5. The first-order valence-electron chi connectivity index (χ1n) is 8.98. The Morgan fingerprint density at radius 2 is 1.83 bits per heavy atom. The molecular formula is C20H17F3N6O. The van der Waals surface area contributed by atoms with Gasteiger partial charge in [-0.25, -0.2) is 0 Å². The Hall–Kier alpha value is -3.69. The first kappa shape index (κ1) is 19.6. The van der Waals surface area contributed by atoms with Crippen molar-refractivity contribution in [1.82, 2.24) is 14.8 Å². The first-order valence-corrected chi connectivity index (χ1v) is 8.98. The molecule has 7 nitrogen and oxygen atoms in total. The lowest BCUT2D eigenvalue weighted by molar-refractivity contribution is -0.137. The van der Waals surface area contributed by atoms with Crippen LogP contribution < -0.4 is 10.2 Å². The number of aromatic nitrogens is 3. The summed E-state index contributed by atoms with van der Waals surface area (Å²) < 4.78 is 42.2. The number of halogens is 3. The van der Waals surface area contributed by atoms with Gasteiger partial charge in [0.15, 0.2) is 0 Å². The van der Waals surface area contributed by atoms with Gasteiger partial charge in [0, 0.05) is 19.8 Å². The molecule has 30 heavy (non-hydrogen) atoms. The molecule has 0 unspecified atom stereocenters. The Morgan fingerprint density at radius 3 is 2.50 bits per heavy atom. The molecule has 10 heteroatoms. The summed E-state index contributed by atoms with van der Waals surface area (Å²) >= 11 is 0. The van der Waals surface area contributed by atoms with E-state index in [0.29, 0.717) is 11.3 Å². The van der Waals surface area contributed by atoms with Gasteiger partial charge in [0.2, 0.25) is 5.91 Å². The molecule has 3 aromatic rings. The summed E-state index contributed by atoms with van der Waals surface area (Å²) in [6, 6.07) is 9.53. The molecule has 0 atom stereocenters. The largest absolute Gasteiger partial charge is 0.418 e. The SMILES string of the molecule is CN(C)c1cc2c(cc1C(F)(F)F)NC(=O)CC(c1cccc(-n3cnnc3)c1)=N2. The van der Waals surface area contributed by atoms with E-state index in [1.807, 2.05) is 12.1 Å². The molecule has 1 aliphatic heterocycles. The second-order valence-electron chi connectivity index (χ2n) is 6.98. The molecule has 0 fully saturated rings. The van der Waals surface area contributed by atoms with Crippen molar-refractivity contribution in [2.45, 2.75) is 12.6 Å². The lowest BCUT2D eigenvalue weighted by Crippen LogP contribution is -2.18. The van der Waals surface area contributed by atoms with Crippen LogP contribution in [0.25, 0.3) is 5.69 Å². The topological polar surface area (TPSA) is 75.4 Å². The molecular weight excluding hydrogens is 397 g/mol. The highest BCUT2D eigenvalue weighted by Gasteiger charge is 2.35. The summed E-state index contributed by atoms with van der Waals surface area (Å²) in [5.41, 5.74) is 1.33. The van der Waals surface area contributed by atoms with Gasteiger partial charge in [0.1, 0.15) is 12.7 Å². The number of benzene rings is 2. The van der Waals surface area contributed by atoms with Gasteiger partial charge >= 0.3 is 6.18 Å². The van der Waals surface area contributed by atoms with Gasteiger partial charge < -0.3 is 10.2 Å². The number of carbonyl (C=O) groups is 1. The van der Waals surface area contributed by atoms with Crippen LogP contribution in [0.3, 0.4) is 0 Å². The molecule has 0 aliphatic carbocycles. The summed E-state index contributed by atoms with van der Waals surface area (Å²) in [4.78, 5) is 18.3. The highest BCUT2D eigenvalue weighted by molar-refractivity contribution is 6.17. The van der Waals surface area contributed by atoms with Crippen LogP contribution >= 0.6 is 0 Å². The highest BCUT2D eigenvalue weighted by Crippen LogP contribution is 2.42. The fraction of sp³-hybridized carbons (Fsp3) is 0.200. The molecule has 0 bridgehead atoms. The van der Waals surface area contributed by atoms with E-state index in [1.54, 1.807) is 16.7 Å². The number of hydrogen-bond donors (Lipinski definition) is 1. The minimum atomic E-state index is -4.56. The summed E-state index contributed by atoms with van der Waals surface area (Å²) in [6.45, 7) is 0. The Kier molecular flexibility index (Phi) is 4.76. The summed E-state index contributed by atoms with van der Waals surface area (Å²) in [7, 11) is 3.05. The molecule has 0 saturated heterocycles. The molecule has 1 aliphatic rings. The van der Waals surface area contributed by atoms with E-state index >= 15 is 0 Å². The van der Waals surface area contributed by atoms with Crippen molar-refractivity contribution in [3.63, 3.8) is 0 Å². The molecule has 0 spiro atoms. The third-order valence-electron chi connectivity index (χ3n) is 4.65. The number of amides is 1. The molecule has 1 amide bonds. The number of nitrogens with one attached hydrogen (secondary N) is 1. The number of aliphatic imine (C=N–C) groups is 1. The van der Waals surface area contributed by atoms with Crippen LogP contribution in [0.2, 0.25) is 0 Å². The molecule has 0 saturated carbocycles. The van der Waals surface area contributed by atoms with Gasteiger partial charge in [-0.3, -0.25) is 14.4 Å². The van der Waals surface area contributed by atoms with Crippen molar-refractivity contribution in [3.8, 4) is 5.69 Å². The average molecular weight is 414 g/mol. The molecule has 1 aromatic heterocycles. The zero-order chi connectivity index (χ0) is 21.5. The smallest absolute Gasteiger partial charge is 0.377 e. The lowest BCUT2D eigenvalue weighted by atomic mass is 10.1. The van der Waals surface area contributed by atoms with Gasteiger partial charge in [-0.2, -0.15) is 13.2 Å². The molecule has 4 rings (SSSR count). The van der Waals surface area contributed by atoms with Crippen molar-refractivity contribution in [3.05, 3.63) is 60.2 Å². The third kappa shape index (κ3) is 3.76. The Bertz CT molecular complexity index is 1140.